The number of fused-ring (bicyclic) bond motifs is 6. The van der Waals surface area contributed by atoms with Crippen LogP contribution in [0, 0.1) is 17.5 Å². The van der Waals surface area contributed by atoms with E-state index in [1.165, 1.54) is 36.4 Å². The monoisotopic (exact) mass is 690 g/mol. The van der Waals surface area contributed by atoms with E-state index in [0.717, 1.165) is 0 Å². The molecule has 6 aromatic rings. The number of ether oxygens (including phenoxy) is 3. The zero-order valence-corrected chi connectivity index (χ0v) is 27.3. The molecule has 9 heteroatoms. The van der Waals surface area contributed by atoms with Gasteiger partial charge in [0.25, 0.3) is 0 Å². The Morgan fingerprint density at radius 3 is 0.706 bits per heavy atom. The first kappa shape index (κ1) is 33.9. The molecule has 0 unspecified atom stereocenters. The summed E-state index contributed by atoms with van der Waals surface area (Å²) < 4.78 is 59.6. The molecule has 1 heterocycles. The van der Waals surface area contributed by atoms with E-state index in [0.29, 0.717) is 66.8 Å². The second-order valence-electron chi connectivity index (χ2n) is 12.4. The van der Waals surface area contributed by atoms with Gasteiger partial charge >= 0.3 is 0 Å². The van der Waals surface area contributed by atoms with Gasteiger partial charge in [0.15, 0.2) is 0 Å². The average molecular weight is 691 g/mol. The van der Waals surface area contributed by atoms with Gasteiger partial charge in [-0.05, 0) is 106 Å². The molecular formula is C42H33F3O6. The highest BCUT2D eigenvalue weighted by Crippen LogP contribution is 2.37. The molecule has 0 radical (unpaired) electrons. The Kier molecular flexibility index (Phi) is 9.76. The summed E-state index contributed by atoms with van der Waals surface area (Å²) in [4.78, 5) is 0. The second-order valence-corrected chi connectivity index (χ2v) is 12.4. The molecule has 3 N–H and O–H groups in total. The van der Waals surface area contributed by atoms with Crippen molar-refractivity contribution in [2.45, 2.75) is 39.6 Å². The predicted molar refractivity (Wildman–Crippen MR) is 186 cm³/mol. The molecule has 0 aromatic heterocycles. The maximum absolute atomic E-state index is 13.8. The molecule has 0 saturated heterocycles. The van der Waals surface area contributed by atoms with Crippen molar-refractivity contribution in [1.82, 2.24) is 0 Å². The Morgan fingerprint density at radius 2 is 0.510 bits per heavy atom. The number of phenols is 3. The third-order valence-electron chi connectivity index (χ3n) is 8.88. The Balaban J connectivity index is 1.32. The third-order valence-corrected chi connectivity index (χ3v) is 8.88. The minimum absolute atomic E-state index is 0.0379. The van der Waals surface area contributed by atoms with Gasteiger partial charge in [-0.2, -0.15) is 0 Å². The van der Waals surface area contributed by atoms with Crippen molar-refractivity contribution in [1.29, 1.82) is 0 Å². The molecule has 51 heavy (non-hydrogen) atoms. The van der Waals surface area contributed by atoms with Gasteiger partial charge in [0, 0.05) is 33.4 Å². The molecule has 1 aliphatic heterocycles. The van der Waals surface area contributed by atoms with E-state index in [4.69, 9.17) is 14.2 Å². The lowest BCUT2D eigenvalue weighted by molar-refractivity contribution is 0.0932. The fraction of sp³-hybridized carbons (Fsp3) is 0.143. The molecule has 0 saturated carbocycles. The van der Waals surface area contributed by atoms with Gasteiger partial charge in [0.2, 0.25) is 0 Å². The van der Waals surface area contributed by atoms with Crippen molar-refractivity contribution in [2.24, 2.45) is 0 Å². The third kappa shape index (κ3) is 7.61. The topological polar surface area (TPSA) is 88.4 Å². The molecular weight excluding hydrogens is 657 g/mol. The molecule has 6 bridgehead atoms. The van der Waals surface area contributed by atoms with Gasteiger partial charge < -0.3 is 29.5 Å². The molecule has 0 spiro atoms. The van der Waals surface area contributed by atoms with E-state index in [2.05, 4.69) is 0 Å². The van der Waals surface area contributed by atoms with Crippen LogP contribution in [-0.4, -0.2) is 15.3 Å². The molecule has 0 amide bonds. The fourth-order valence-electron chi connectivity index (χ4n) is 6.18. The summed E-state index contributed by atoms with van der Waals surface area (Å²) in [5, 5.41) is 34.1. The van der Waals surface area contributed by atoms with Gasteiger partial charge in [0.05, 0.1) is 39.6 Å². The van der Waals surface area contributed by atoms with Crippen LogP contribution in [-0.2, 0) is 53.9 Å². The van der Waals surface area contributed by atoms with Gasteiger partial charge in [0.1, 0.15) is 34.7 Å². The van der Waals surface area contributed by atoms with Crippen molar-refractivity contribution in [3.8, 4) is 50.6 Å². The van der Waals surface area contributed by atoms with Crippen molar-refractivity contribution in [2.75, 3.05) is 0 Å². The Bertz CT molecular complexity index is 1860. The van der Waals surface area contributed by atoms with Gasteiger partial charge in [-0.25, -0.2) is 13.2 Å². The van der Waals surface area contributed by atoms with E-state index in [1.807, 2.05) is 0 Å². The number of aromatic hydroxyl groups is 3. The van der Waals surface area contributed by atoms with Crippen molar-refractivity contribution in [3.05, 3.63) is 160 Å². The van der Waals surface area contributed by atoms with Crippen LogP contribution in [0.1, 0.15) is 33.4 Å². The first-order valence-electron chi connectivity index (χ1n) is 16.3. The summed E-state index contributed by atoms with van der Waals surface area (Å²) >= 11 is 0. The van der Waals surface area contributed by atoms with Crippen molar-refractivity contribution >= 4 is 0 Å². The number of phenolic OH excluding ortho intramolecular Hbond substituents is 3. The number of hydrogen-bond acceptors (Lipinski definition) is 6. The smallest absolute Gasteiger partial charge is 0.126 e. The number of rotatable bonds is 3. The molecule has 7 rings (SSSR count). The van der Waals surface area contributed by atoms with Crippen LogP contribution in [0.25, 0.3) is 33.4 Å². The van der Waals surface area contributed by atoms with Crippen LogP contribution in [0.3, 0.4) is 0 Å². The van der Waals surface area contributed by atoms with Crippen molar-refractivity contribution in [3.63, 3.8) is 0 Å². The van der Waals surface area contributed by atoms with E-state index in [9.17, 15) is 28.5 Å². The highest BCUT2D eigenvalue weighted by molar-refractivity contribution is 5.69. The Labute approximate surface area is 292 Å². The molecule has 0 aliphatic carbocycles. The van der Waals surface area contributed by atoms with Crippen LogP contribution in [0.2, 0.25) is 0 Å². The average Bonchev–Trinajstić information content (AvgIpc) is 3.13. The maximum atomic E-state index is 13.8. The summed E-state index contributed by atoms with van der Waals surface area (Å²) in [6.07, 6.45) is 0. The fourth-order valence-corrected chi connectivity index (χ4v) is 6.18. The van der Waals surface area contributed by atoms with Crippen LogP contribution < -0.4 is 0 Å². The number of benzene rings is 6. The lowest BCUT2D eigenvalue weighted by Gasteiger charge is -2.18. The first-order valence-corrected chi connectivity index (χ1v) is 16.3. The Morgan fingerprint density at radius 1 is 0.314 bits per heavy atom. The predicted octanol–water partition coefficient (Wildman–Crippen LogP) is 9.69. The van der Waals surface area contributed by atoms with Gasteiger partial charge in [-0.3, -0.25) is 0 Å². The first-order chi connectivity index (χ1) is 24.7. The summed E-state index contributed by atoms with van der Waals surface area (Å²) in [5.74, 6) is -1.30. The standard InChI is InChI=1S/C42H33F3O6/c43-37-7-1-25(2-8-37)28-13-31-19-49-21-33-15-29(26-3-9-38(44)10-4-26)17-35(41(33)47)23-51-24-36-18-30(27-5-11-39(45)12-6-27)16-34(42(36)48)22-50-20-32(14-28)40(31)46/h1-18,46-48H,19-24H2. The van der Waals surface area contributed by atoms with Crippen LogP contribution in [0.15, 0.2) is 109 Å². The van der Waals surface area contributed by atoms with E-state index < -0.39 is 0 Å². The highest BCUT2D eigenvalue weighted by atomic mass is 19.1. The van der Waals surface area contributed by atoms with Crippen LogP contribution in [0.4, 0.5) is 13.2 Å². The lowest BCUT2D eigenvalue weighted by atomic mass is 9.98. The number of halogens is 3. The normalized spacial score (nSPS) is 13.7. The molecule has 1 aliphatic rings. The highest BCUT2D eigenvalue weighted by Gasteiger charge is 2.18. The largest absolute Gasteiger partial charge is 0.507 e. The lowest BCUT2D eigenvalue weighted by Crippen LogP contribution is -2.04. The summed E-state index contributed by atoms with van der Waals surface area (Å²) in [5.41, 5.74) is 6.88. The van der Waals surface area contributed by atoms with Crippen LogP contribution >= 0.6 is 0 Å². The number of hydrogen-bond donors (Lipinski definition) is 3. The van der Waals surface area contributed by atoms with E-state index >= 15 is 0 Å². The van der Waals surface area contributed by atoms with Gasteiger partial charge in [-0.15, -0.1) is 0 Å². The molecule has 6 aromatic carbocycles. The zero-order valence-electron chi connectivity index (χ0n) is 27.3. The maximum Gasteiger partial charge on any atom is 0.126 e. The molecule has 0 fully saturated rings. The zero-order chi connectivity index (χ0) is 35.5. The van der Waals surface area contributed by atoms with Gasteiger partial charge in [-0.1, -0.05) is 36.4 Å². The SMILES string of the molecule is Oc1c2cc(-c3ccc(F)cc3)cc1COCc1cc(-c3ccc(F)cc3)cc(c1O)COCc1cc(-c3ccc(F)cc3)cc(c1O)COC2. The molecule has 0 atom stereocenters. The minimum atomic E-state index is -0.382. The van der Waals surface area contributed by atoms with Crippen molar-refractivity contribution < 1.29 is 42.7 Å². The summed E-state index contributed by atoms with van der Waals surface area (Å²) in [6, 6.07) is 28.5. The quantitative estimate of drug-likeness (QED) is 0.171. The molecule has 258 valence electrons. The minimum Gasteiger partial charge on any atom is -0.507 e. The van der Waals surface area contributed by atoms with Crippen LogP contribution in [0.5, 0.6) is 17.2 Å². The summed E-state index contributed by atoms with van der Waals surface area (Å²) in [7, 11) is 0. The second kappa shape index (κ2) is 14.7. The Hall–Kier alpha value is -5.61. The van der Waals surface area contributed by atoms with E-state index in [1.54, 1.807) is 72.8 Å². The summed E-state index contributed by atoms with van der Waals surface area (Å²) in [6.45, 7) is -0.227. The van der Waals surface area contributed by atoms with E-state index in [-0.39, 0.29) is 74.3 Å². The molecule has 6 nitrogen and oxygen atoms in total.